The minimum atomic E-state index is -4.66. The van der Waals surface area contributed by atoms with Crippen molar-refractivity contribution in [1.29, 1.82) is 0 Å². The number of carbonyl (C=O) groups excluding carboxylic acids is 2. The van der Waals surface area contributed by atoms with Crippen LogP contribution in [0.5, 0.6) is 0 Å². The third kappa shape index (κ3) is 33.5. The standard InChI is InChI=1S/C39H69O11P/c1-4-6-7-8-9-10-11-12-13-14-15-19-22-26-35(41)27-24-29-39(44)50-37(33-49-51(45,46)48-31-36(42)30-40)32-47-38(43)28-23-20-17-16-18-21-25-34(3)5-2/h9-10,12-13,15,19,22,26,34-37,40-42H,4-8,11,14,16-18,20-21,23-25,27-33H2,1-3H3,(H,45,46)/b10-9-,13-12-,19-15-,26-22+/t34?,35-,36-,37+/m0/s1. The third-order valence-corrected chi connectivity index (χ3v) is 9.08. The van der Waals surface area contributed by atoms with Gasteiger partial charge in [-0.25, -0.2) is 4.57 Å². The molecule has 0 heterocycles. The molecule has 5 atom stereocenters. The van der Waals surface area contributed by atoms with E-state index in [9.17, 15) is 29.3 Å². The van der Waals surface area contributed by atoms with Crippen LogP contribution in [0.2, 0.25) is 0 Å². The fourth-order valence-corrected chi connectivity index (χ4v) is 5.51. The number of hydrogen-bond acceptors (Lipinski definition) is 10. The van der Waals surface area contributed by atoms with Gasteiger partial charge in [0, 0.05) is 12.8 Å². The Labute approximate surface area is 307 Å². The smallest absolute Gasteiger partial charge is 0.462 e. The number of aliphatic hydroxyl groups is 3. The summed E-state index contributed by atoms with van der Waals surface area (Å²) in [5, 5.41) is 28.5. The van der Waals surface area contributed by atoms with E-state index in [0.717, 1.165) is 44.4 Å². The Hall–Kier alpha value is -2.11. The maximum absolute atomic E-state index is 12.6. The zero-order chi connectivity index (χ0) is 38.0. The van der Waals surface area contributed by atoms with Crippen molar-refractivity contribution in [1.82, 2.24) is 0 Å². The molecule has 4 N–H and O–H groups in total. The molecule has 0 bridgehead atoms. The number of esters is 2. The van der Waals surface area contributed by atoms with Crippen molar-refractivity contribution in [2.24, 2.45) is 5.92 Å². The summed E-state index contributed by atoms with van der Waals surface area (Å²) in [6.07, 6.45) is 28.5. The Morgan fingerprint density at radius 1 is 0.725 bits per heavy atom. The summed E-state index contributed by atoms with van der Waals surface area (Å²) in [5.74, 6) is -0.378. The lowest BCUT2D eigenvalue weighted by atomic mass is 10.00. The number of unbranched alkanes of at least 4 members (excludes halogenated alkanes) is 8. The lowest BCUT2D eigenvalue weighted by Gasteiger charge is -2.20. The number of ether oxygens (including phenoxy) is 2. The summed E-state index contributed by atoms with van der Waals surface area (Å²) in [7, 11) is -4.66. The molecular weight excluding hydrogens is 675 g/mol. The highest BCUT2D eigenvalue weighted by Gasteiger charge is 2.27. The Bertz CT molecular complexity index is 1030. The Kier molecular flexibility index (Phi) is 32.3. The van der Waals surface area contributed by atoms with Gasteiger partial charge in [-0.05, 0) is 50.9 Å². The molecule has 0 aliphatic rings. The molecule has 0 fully saturated rings. The molecular formula is C39H69O11P. The van der Waals surface area contributed by atoms with E-state index in [4.69, 9.17) is 19.1 Å². The van der Waals surface area contributed by atoms with E-state index in [0.29, 0.717) is 19.3 Å². The fraction of sp³-hybridized carbons (Fsp3) is 0.744. The molecule has 51 heavy (non-hydrogen) atoms. The topological polar surface area (TPSA) is 169 Å². The van der Waals surface area contributed by atoms with E-state index < -0.39 is 57.9 Å². The average Bonchev–Trinajstić information content (AvgIpc) is 3.11. The van der Waals surface area contributed by atoms with Crippen molar-refractivity contribution in [2.45, 2.75) is 155 Å². The molecule has 0 radical (unpaired) electrons. The summed E-state index contributed by atoms with van der Waals surface area (Å²) >= 11 is 0. The van der Waals surface area contributed by atoms with Gasteiger partial charge in [-0.2, -0.15) is 0 Å². The summed E-state index contributed by atoms with van der Waals surface area (Å²) in [6.45, 7) is 4.35. The van der Waals surface area contributed by atoms with Gasteiger partial charge in [0.15, 0.2) is 6.10 Å². The van der Waals surface area contributed by atoms with Crippen molar-refractivity contribution in [2.75, 3.05) is 26.4 Å². The van der Waals surface area contributed by atoms with Crippen LogP contribution < -0.4 is 0 Å². The lowest BCUT2D eigenvalue weighted by molar-refractivity contribution is -0.161. The molecule has 0 aromatic carbocycles. The van der Waals surface area contributed by atoms with Crippen molar-refractivity contribution < 1.29 is 52.9 Å². The maximum atomic E-state index is 12.6. The molecule has 0 aromatic heterocycles. The minimum Gasteiger partial charge on any atom is -0.462 e. The molecule has 0 aliphatic carbocycles. The number of allylic oxidation sites excluding steroid dienone is 7. The van der Waals surface area contributed by atoms with Crippen molar-refractivity contribution in [3.63, 3.8) is 0 Å². The van der Waals surface area contributed by atoms with E-state index >= 15 is 0 Å². The highest BCUT2D eigenvalue weighted by atomic mass is 31.2. The quantitative estimate of drug-likeness (QED) is 0.0165. The normalized spacial score (nSPS) is 15.8. The molecule has 296 valence electrons. The largest absolute Gasteiger partial charge is 0.472 e. The first-order valence-corrected chi connectivity index (χ1v) is 20.6. The van der Waals surface area contributed by atoms with Crippen molar-refractivity contribution in [3.8, 4) is 0 Å². The van der Waals surface area contributed by atoms with Crippen LogP contribution in [0.4, 0.5) is 0 Å². The molecule has 0 saturated heterocycles. The molecule has 0 saturated carbocycles. The van der Waals surface area contributed by atoms with Gasteiger partial charge < -0.3 is 29.7 Å². The zero-order valence-corrected chi connectivity index (χ0v) is 32.5. The number of rotatable bonds is 34. The number of phosphoric ester groups is 1. The number of aliphatic hydroxyl groups excluding tert-OH is 3. The predicted octanol–water partition coefficient (Wildman–Crippen LogP) is 8.21. The molecule has 0 spiro atoms. The summed E-state index contributed by atoms with van der Waals surface area (Å²) in [4.78, 5) is 34.8. The van der Waals surface area contributed by atoms with Crippen LogP contribution in [0.3, 0.4) is 0 Å². The third-order valence-electron chi connectivity index (χ3n) is 8.13. The first-order chi connectivity index (χ1) is 24.5. The van der Waals surface area contributed by atoms with Crippen LogP contribution in [0, 0.1) is 5.92 Å². The van der Waals surface area contributed by atoms with Crippen LogP contribution in [-0.4, -0.2) is 76.9 Å². The summed E-state index contributed by atoms with van der Waals surface area (Å²) in [5.41, 5.74) is 0. The van der Waals surface area contributed by atoms with E-state index in [-0.39, 0.29) is 19.4 Å². The molecule has 0 amide bonds. The summed E-state index contributed by atoms with van der Waals surface area (Å²) in [6, 6.07) is 0. The van der Waals surface area contributed by atoms with Crippen molar-refractivity contribution in [3.05, 3.63) is 48.6 Å². The van der Waals surface area contributed by atoms with E-state index in [1.54, 1.807) is 12.2 Å². The summed E-state index contributed by atoms with van der Waals surface area (Å²) < 4.78 is 32.4. The SMILES string of the molecule is CCCCC/C=C\C/C=C\C/C=C\C=C\[C@H](O)CCCC(=O)O[C@H](COC(=O)CCCCCCCCC(C)CC)COP(=O)(O)OC[C@@H](O)CO. The van der Waals surface area contributed by atoms with Gasteiger partial charge in [-0.3, -0.25) is 18.6 Å². The first kappa shape index (κ1) is 48.9. The number of phosphoric acid groups is 1. The predicted molar refractivity (Wildman–Crippen MR) is 202 cm³/mol. The molecule has 0 rings (SSSR count). The monoisotopic (exact) mass is 744 g/mol. The van der Waals surface area contributed by atoms with Crippen LogP contribution >= 0.6 is 7.82 Å². The average molecular weight is 745 g/mol. The zero-order valence-electron chi connectivity index (χ0n) is 31.6. The second-order valence-corrected chi connectivity index (χ2v) is 14.5. The molecule has 11 nitrogen and oxygen atoms in total. The van der Waals surface area contributed by atoms with Crippen LogP contribution in [0.25, 0.3) is 0 Å². The molecule has 0 aliphatic heterocycles. The van der Waals surface area contributed by atoms with Crippen LogP contribution in [0.1, 0.15) is 136 Å². The van der Waals surface area contributed by atoms with Gasteiger partial charge in [0.2, 0.25) is 0 Å². The highest BCUT2D eigenvalue weighted by Crippen LogP contribution is 2.43. The fourth-order valence-electron chi connectivity index (χ4n) is 4.72. The van der Waals surface area contributed by atoms with E-state index in [1.165, 1.54) is 44.9 Å². The number of hydrogen-bond donors (Lipinski definition) is 4. The van der Waals surface area contributed by atoms with Gasteiger partial charge in [-0.1, -0.05) is 127 Å². The second-order valence-electron chi connectivity index (χ2n) is 13.0. The lowest BCUT2D eigenvalue weighted by Crippen LogP contribution is -2.30. The highest BCUT2D eigenvalue weighted by molar-refractivity contribution is 7.47. The van der Waals surface area contributed by atoms with Gasteiger partial charge in [0.25, 0.3) is 0 Å². The minimum absolute atomic E-state index is 0.0453. The first-order valence-electron chi connectivity index (χ1n) is 19.1. The van der Waals surface area contributed by atoms with Gasteiger partial charge >= 0.3 is 19.8 Å². The van der Waals surface area contributed by atoms with Crippen molar-refractivity contribution >= 4 is 19.8 Å². The second kappa shape index (κ2) is 33.7. The van der Waals surface area contributed by atoms with Gasteiger partial charge in [-0.15, -0.1) is 0 Å². The van der Waals surface area contributed by atoms with Crippen LogP contribution in [-0.2, 0) is 32.7 Å². The van der Waals surface area contributed by atoms with Crippen LogP contribution in [0.15, 0.2) is 48.6 Å². The Morgan fingerprint density at radius 2 is 1.37 bits per heavy atom. The van der Waals surface area contributed by atoms with E-state index in [2.05, 4.69) is 49.6 Å². The molecule has 2 unspecified atom stereocenters. The maximum Gasteiger partial charge on any atom is 0.472 e. The molecule has 0 aromatic rings. The van der Waals surface area contributed by atoms with E-state index in [1.807, 2.05) is 12.2 Å². The Balaban J connectivity index is 4.62. The van der Waals surface area contributed by atoms with Gasteiger partial charge in [0.05, 0.1) is 25.9 Å². The molecule has 12 heteroatoms. The van der Waals surface area contributed by atoms with Gasteiger partial charge in [0.1, 0.15) is 12.7 Å². The number of carbonyl (C=O) groups is 2. The Morgan fingerprint density at radius 3 is 2.08 bits per heavy atom.